The number of rotatable bonds is 6. The molecule has 3 rings (SSSR count). The molecule has 0 saturated carbocycles. The Morgan fingerprint density at radius 2 is 2.00 bits per heavy atom. The largest absolute Gasteiger partial charge is 0.459 e. The highest BCUT2D eigenvalue weighted by atomic mass is 35.5. The zero-order valence-corrected chi connectivity index (χ0v) is 15.1. The summed E-state index contributed by atoms with van der Waals surface area (Å²) < 4.78 is 5.81. The topological polar surface area (TPSA) is 46.7 Å². The Morgan fingerprint density at radius 1 is 1.20 bits per heavy atom. The highest BCUT2D eigenvalue weighted by Gasteiger charge is 2.17. The predicted molar refractivity (Wildman–Crippen MR) is 99.7 cm³/mol. The van der Waals surface area contributed by atoms with Crippen LogP contribution in [0.5, 0.6) is 0 Å². The minimum absolute atomic E-state index is 0.00696. The number of furan rings is 1. The van der Waals surface area contributed by atoms with E-state index in [9.17, 15) is 4.79 Å². The minimum atomic E-state index is -0.168. The molecule has 0 radical (unpaired) electrons. The smallest absolute Gasteiger partial charge is 0.275 e. The first-order chi connectivity index (χ1) is 12.0. The van der Waals surface area contributed by atoms with E-state index in [-0.39, 0.29) is 11.9 Å². The molecule has 130 valence electrons. The van der Waals surface area contributed by atoms with Gasteiger partial charge in [0.1, 0.15) is 17.9 Å². The van der Waals surface area contributed by atoms with Crippen LogP contribution in [0.1, 0.15) is 24.3 Å². The maximum Gasteiger partial charge on any atom is 0.275 e. The molecule has 4 nitrogen and oxygen atoms in total. The van der Waals surface area contributed by atoms with E-state index in [1.165, 1.54) is 0 Å². The Kier molecular flexibility index (Phi) is 5.41. The number of quaternary nitrogens is 1. The van der Waals surface area contributed by atoms with Crippen LogP contribution >= 0.6 is 11.6 Å². The van der Waals surface area contributed by atoms with E-state index in [0.717, 1.165) is 33.7 Å². The van der Waals surface area contributed by atoms with Crippen LogP contribution in [0.25, 0.3) is 11.0 Å². The second-order valence-electron chi connectivity index (χ2n) is 6.42. The average molecular weight is 358 g/mol. The van der Waals surface area contributed by atoms with E-state index in [0.29, 0.717) is 11.6 Å². The van der Waals surface area contributed by atoms with Gasteiger partial charge in [-0.25, -0.2) is 0 Å². The van der Waals surface area contributed by atoms with Gasteiger partial charge in [0.2, 0.25) is 0 Å². The van der Waals surface area contributed by atoms with Gasteiger partial charge in [-0.05, 0) is 31.2 Å². The number of para-hydroxylation sites is 1. The fourth-order valence-corrected chi connectivity index (χ4v) is 3.12. The summed E-state index contributed by atoms with van der Waals surface area (Å²) >= 11 is 6.01. The number of halogens is 1. The highest BCUT2D eigenvalue weighted by molar-refractivity contribution is 6.30. The number of benzene rings is 2. The number of amides is 1. The van der Waals surface area contributed by atoms with Crippen molar-refractivity contribution in [2.45, 2.75) is 19.5 Å². The van der Waals surface area contributed by atoms with Gasteiger partial charge in [0.15, 0.2) is 6.54 Å². The van der Waals surface area contributed by atoms with Gasteiger partial charge in [-0.3, -0.25) is 4.79 Å². The van der Waals surface area contributed by atoms with Crippen molar-refractivity contribution in [2.24, 2.45) is 0 Å². The van der Waals surface area contributed by atoms with Gasteiger partial charge in [0.25, 0.3) is 5.91 Å². The summed E-state index contributed by atoms with van der Waals surface area (Å²) in [5.41, 5.74) is 1.95. The molecule has 0 saturated heterocycles. The fourth-order valence-electron chi connectivity index (χ4n) is 2.91. The number of fused-ring (bicyclic) bond motifs is 1. The molecule has 25 heavy (non-hydrogen) atoms. The van der Waals surface area contributed by atoms with Crippen LogP contribution in [-0.4, -0.2) is 19.5 Å². The van der Waals surface area contributed by atoms with Crippen LogP contribution in [0.4, 0.5) is 0 Å². The first kappa shape index (κ1) is 17.5. The summed E-state index contributed by atoms with van der Waals surface area (Å²) in [6.45, 7) is 3.06. The molecule has 1 heterocycles. The molecule has 2 N–H and O–H groups in total. The molecular weight excluding hydrogens is 336 g/mol. The molecule has 0 bridgehead atoms. The summed E-state index contributed by atoms with van der Waals surface area (Å²) in [5, 5.41) is 4.77. The number of nitrogens with one attached hydrogen (secondary N) is 2. The first-order valence-electron chi connectivity index (χ1n) is 8.35. The molecule has 0 aliphatic carbocycles. The molecule has 0 aliphatic heterocycles. The molecule has 3 aromatic rings. The van der Waals surface area contributed by atoms with E-state index in [4.69, 9.17) is 16.0 Å². The lowest BCUT2D eigenvalue weighted by atomic mass is 10.2. The number of carbonyl (C=O) groups excluding carboxylic acids is 1. The van der Waals surface area contributed by atoms with Gasteiger partial charge in [0.05, 0.1) is 13.1 Å². The van der Waals surface area contributed by atoms with Crippen LogP contribution in [0, 0.1) is 0 Å². The van der Waals surface area contributed by atoms with Crippen LogP contribution < -0.4 is 10.2 Å². The maximum atomic E-state index is 12.3. The lowest BCUT2D eigenvalue weighted by Crippen LogP contribution is -3.08. The van der Waals surface area contributed by atoms with Crippen molar-refractivity contribution in [3.05, 3.63) is 70.9 Å². The summed E-state index contributed by atoms with van der Waals surface area (Å²) in [7, 11) is 1.99. The van der Waals surface area contributed by atoms with Crippen molar-refractivity contribution in [3.8, 4) is 0 Å². The minimum Gasteiger partial charge on any atom is -0.459 e. The fraction of sp³-hybridized carbons (Fsp3) is 0.250. The second-order valence-corrected chi connectivity index (χ2v) is 6.85. The lowest BCUT2D eigenvalue weighted by Gasteiger charge is -2.16. The molecule has 1 amide bonds. The average Bonchev–Trinajstić information content (AvgIpc) is 2.98. The van der Waals surface area contributed by atoms with E-state index in [1.807, 2.05) is 68.6 Å². The number of hydrogen-bond acceptors (Lipinski definition) is 2. The third-order valence-electron chi connectivity index (χ3n) is 4.11. The molecule has 1 aromatic heterocycles. The quantitative estimate of drug-likeness (QED) is 0.712. The van der Waals surface area contributed by atoms with Gasteiger partial charge in [-0.1, -0.05) is 41.9 Å². The molecule has 1 unspecified atom stereocenters. The van der Waals surface area contributed by atoms with Crippen molar-refractivity contribution in [1.29, 1.82) is 0 Å². The van der Waals surface area contributed by atoms with Crippen molar-refractivity contribution < 1.29 is 14.1 Å². The van der Waals surface area contributed by atoms with E-state index in [1.54, 1.807) is 0 Å². The molecule has 0 aliphatic rings. The Bertz CT molecular complexity index is 842. The molecule has 2 atom stereocenters. The maximum absolute atomic E-state index is 12.3. The van der Waals surface area contributed by atoms with Gasteiger partial charge in [-0.15, -0.1) is 0 Å². The summed E-state index contributed by atoms with van der Waals surface area (Å²) in [6.07, 6.45) is 0. The van der Waals surface area contributed by atoms with Gasteiger partial charge >= 0.3 is 0 Å². The van der Waals surface area contributed by atoms with E-state index >= 15 is 0 Å². The number of hydrogen-bond donors (Lipinski definition) is 2. The second kappa shape index (κ2) is 7.72. The Balaban J connectivity index is 1.56. The molecular formula is C20H22ClN2O2+. The van der Waals surface area contributed by atoms with Crippen molar-refractivity contribution >= 4 is 28.5 Å². The molecule has 2 aromatic carbocycles. The number of carbonyl (C=O) groups is 1. The van der Waals surface area contributed by atoms with Crippen LogP contribution in [0.2, 0.25) is 5.02 Å². The van der Waals surface area contributed by atoms with E-state index < -0.39 is 0 Å². The summed E-state index contributed by atoms with van der Waals surface area (Å²) in [4.78, 5) is 13.4. The lowest BCUT2D eigenvalue weighted by molar-refractivity contribution is -0.885. The zero-order chi connectivity index (χ0) is 17.8. The normalized spacial score (nSPS) is 13.6. The molecule has 0 spiro atoms. The predicted octanol–water partition coefficient (Wildman–Crippen LogP) is 2.98. The third-order valence-corrected chi connectivity index (χ3v) is 4.34. The van der Waals surface area contributed by atoms with Crippen LogP contribution in [0.3, 0.4) is 0 Å². The Morgan fingerprint density at radius 3 is 2.76 bits per heavy atom. The Labute approximate surface area is 152 Å². The Hall–Kier alpha value is -2.30. The standard InChI is InChI=1S/C20H21ClN2O2/c1-14(19-11-16-7-3-4-9-18(16)25-19)22-20(24)13-23(2)12-15-6-5-8-17(21)10-15/h3-11,14H,12-13H2,1-2H3,(H,22,24)/p+1/t14-/m1/s1. The summed E-state index contributed by atoms with van der Waals surface area (Å²) in [6, 6.07) is 17.4. The molecule has 0 fully saturated rings. The monoisotopic (exact) mass is 357 g/mol. The SMILES string of the molecule is C[C@@H](NC(=O)C[NH+](C)Cc1cccc(Cl)c1)c1cc2ccccc2o1. The van der Waals surface area contributed by atoms with Crippen LogP contribution in [-0.2, 0) is 11.3 Å². The van der Waals surface area contributed by atoms with Crippen LogP contribution in [0.15, 0.2) is 59.0 Å². The van der Waals surface area contributed by atoms with Crippen molar-refractivity contribution in [2.75, 3.05) is 13.6 Å². The van der Waals surface area contributed by atoms with Crippen molar-refractivity contribution in [3.63, 3.8) is 0 Å². The zero-order valence-electron chi connectivity index (χ0n) is 14.4. The third kappa shape index (κ3) is 4.62. The molecule has 5 heteroatoms. The van der Waals surface area contributed by atoms with E-state index in [2.05, 4.69) is 5.32 Å². The highest BCUT2D eigenvalue weighted by Crippen LogP contribution is 2.23. The first-order valence-corrected chi connectivity index (χ1v) is 8.72. The van der Waals surface area contributed by atoms with Crippen molar-refractivity contribution in [1.82, 2.24) is 5.32 Å². The van der Waals surface area contributed by atoms with Gasteiger partial charge < -0.3 is 14.6 Å². The summed E-state index contributed by atoms with van der Waals surface area (Å²) in [5.74, 6) is 0.759. The van der Waals surface area contributed by atoms with Gasteiger partial charge in [0, 0.05) is 16.0 Å². The number of likely N-dealkylation sites (N-methyl/N-ethyl adjacent to an activating group) is 1. The van der Waals surface area contributed by atoms with Gasteiger partial charge in [-0.2, -0.15) is 0 Å².